The van der Waals surface area contributed by atoms with Gasteiger partial charge in [-0.2, -0.15) is 4.31 Å². The number of hydrogen-bond acceptors (Lipinski definition) is 7. The van der Waals surface area contributed by atoms with Crippen molar-refractivity contribution in [2.24, 2.45) is 5.92 Å². The Morgan fingerprint density at radius 2 is 1.57 bits per heavy atom. The first-order valence-electron chi connectivity index (χ1n) is 11.4. The number of nitrogens with zero attached hydrogens (tertiary/aromatic N) is 4. The number of piperazine rings is 1. The van der Waals surface area contributed by atoms with Gasteiger partial charge in [0.15, 0.2) is 5.82 Å². The van der Waals surface area contributed by atoms with Crippen LogP contribution in [-0.4, -0.2) is 62.1 Å². The summed E-state index contributed by atoms with van der Waals surface area (Å²) in [4.78, 5) is 14.1. The molecule has 4 rings (SSSR count). The van der Waals surface area contributed by atoms with Gasteiger partial charge in [0.25, 0.3) is 0 Å². The van der Waals surface area contributed by atoms with Gasteiger partial charge in [-0.05, 0) is 60.7 Å². The quantitative estimate of drug-likeness (QED) is 0.536. The summed E-state index contributed by atoms with van der Waals surface area (Å²) < 4.78 is 32.9. The van der Waals surface area contributed by atoms with Crippen LogP contribution in [0.1, 0.15) is 13.8 Å². The van der Waals surface area contributed by atoms with Gasteiger partial charge in [-0.1, -0.05) is 13.8 Å². The second-order valence-corrected chi connectivity index (χ2v) is 10.5. The molecule has 0 unspecified atom stereocenters. The van der Waals surface area contributed by atoms with Crippen LogP contribution in [0.2, 0.25) is 0 Å². The molecule has 1 fully saturated rings. The molecule has 0 atom stereocenters. The zero-order chi connectivity index (χ0) is 25.0. The number of carbonyl (C=O) groups excluding carboxylic acids is 1. The van der Waals surface area contributed by atoms with E-state index < -0.39 is 10.0 Å². The summed E-state index contributed by atoms with van der Waals surface area (Å²) >= 11 is 0. The fourth-order valence-electron chi connectivity index (χ4n) is 3.71. The molecule has 35 heavy (non-hydrogen) atoms. The summed E-state index contributed by atoms with van der Waals surface area (Å²) in [6.07, 6.45) is 0. The molecule has 1 N–H and O–H groups in total. The van der Waals surface area contributed by atoms with Crippen molar-refractivity contribution in [2.75, 3.05) is 43.5 Å². The molecule has 1 aromatic heterocycles. The zero-order valence-corrected chi connectivity index (χ0v) is 20.8. The van der Waals surface area contributed by atoms with E-state index in [4.69, 9.17) is 4.74 Å². The number of carbonyl (C=O) groups is 1. The lowest BCUT2D eigenvalue weighted by Crippen LogP contribution is -2.49. The summed E-state index contributed by atoms with van der Waals surface area (Å²) in [5.74, 6) is 1.22. The maximum Gasteiger partial charge on any atom is 0.243 e. The fourth-order valence-corrected chi connectivity index (χ4v) is 5.14. The van der Waals surface area contributed by atoms with Crippen molar-refractivity contribution in [3.8, 4) is 17.0 Å². The standard InChI is InChI=1S/C25H29N5O4S/c1-18(2)25(31)26-20-6-10-22(11-7-20)35(32,33)30-16-14-29(15-17-30)24-13-12-23(27-28-24)19-4-8-21(34-3)9-5-19/h4-13,18H,14-17H2,1-3H3,(H,26,31). The highest BCUT2D eigenvalue weighted by Crippen LogP contribution is 2.24. The number of ether oxygens (including phenoxy) is 1. The van der Waals surface area contributed by atoms with E-state index in [9.17, 15) is 13.2 Å². The number of nitrogens with one attached hydrogen (secondary N) is 1. The van der Waals surface area contributed by atoms with Crippen LogP contribution in [-0.2, 0) is 14.8 Å². The largest absolute Gasteiger partial charge is 0.497 e. The topological polar surface area (TPSA) is 105 Å². The minimum Gasteiger partial charge on any atom is -0.497 e. The van der Waals surface area contributed by atoms with E-state index >= 15 is 0 Å². The van der Waals surface area contributed by atoms with Crippen LogP contribution in [0.5, 0.6) is 5.75 Å². The average Bonchev–Trinajstić information content (AvgIpc) is 2.89. The molecule has 9 nitrogen and oxygen atoms in total. The van der Waals surface area contributed by atoms with Crippen LogP contribution in [0.15, 0.2) is 65.6 Å². The molecule has 0 aliphatic carbocycles. The molecule has 3 aromatic rings. The Hall–Kier alpha value is -3.50. The number of sulfonamides is 1. The van der Waals surface area contributed by atoms with E-state index in [-0.39, 0.29) is 16.7 Å². The van der Waals surface area contributed by atoms with Crippen LogP contribution >= 0.6 is 0 Å². The van der Waals surface area contributed by atoms with Crippen LogP contribution < -0.4 is 15.0 Å². The summed E-state index contributed by atoms with van der Waals surface area (Å²) in [5, 5.41) is 11.5. The Labute approximate surface area is 205 Å². The molecular formula is C25H29N5O4S. The molecule has 10 heteroatoms. The van der Waals surface area contributed by atoms with Gasteiger partial charge in [-0.25, -0.2) is 8.42 Å². The minimum atomic E-state index is -3.63. The maximum atomic E-state index is 13.1. The van der Waals surface area contributed by atoms with Crippen molar-refractivity contribution < 1.29 is 17.9 Å². The zero-order valence-electron chi connectivity index (χ0n) is 20.0. The molecule has 2 aromatic carbocycles. The van der Waals surface area contributed by atoms with E-state index in [0.29, 0.717) is 37.7 Å². The second-order valence-electron chi connectivity index (χ2n) is 8.56. The van der Waals surface area contributed by atoms with Gasteiger partial charge in [0, 0.05) is 43.3 Å². The van der Waals surface area contributed by atoms with Gasteiger partial charge in [0.05, 0.1) is 17.7 Å². The van der Waals surface area contributed by atoms with Crippen LogP contribution in [0.3, 0.4) is 0 Å². The van der Waals surface area contributed by atoms with Crippen molar-refractivity contribution >= 4 is 27.4 Å². The van der Waals surface area contributed by atoms with Crippen LogP contribution in [0.25, 0.3) is 11.3 Å². The molecule has 0 bridgehead atoms. The Morgan fingerprint density at radius 3 is 2.11 bits per heavy atom. The highest BCUT2D eigenvalue weighted by molar-refractivity contribution is 7.89. The number of aromatic nitrogens is 2. The fraction of sp³-hybridized carbons (Fsp3) is 0.320. The monoisotopic (exact) mass is 495 g/mol. The first kappa shape index (κ1) is 24.6. The molecule has 1 saturated heterocycles. The Balaban J connectivity index is 1.37. The molecule has 0 radical (unpaired) electrons. The SMILES string of the molecule is COc1ccc(-c2ccc(N3CCN(S(=O)(=O)c4ccc(NC(=O)C(C)C)cc4)CC3)nn2)cc1. The predicted molar refractivity (Wildman–Crippen MR) is 135 cm³/mol. The molecule has 1 aliphatic rings. The third-order valence-electron chi connectivity index (χ3n) is 5.88. The van der Waals surface area contributed by atoms with Gasteiger partial charge in [-0.3, -0.25) is 4.79 Å². The van der Waals surface area contributed by atoms with Crippen LogP contribution in [0.4, 0.5) is 11.5 Å². The van der Waals surface area contributed by atoms with Crippen LogP contribution in [0, 0.1) is 5.92 Å². The summed E-state index contributed by atoms with van der Waals surface area (Å²) in [7, 11) is -2.01. The van der Waals surface area contributed by atoms with Crippen molar-refractivity contribution in [1.29, 1.82) is 0 Å². The lowest BCUT2D eigenvalue weighted by molar-refractivity contribution is -0.118. The number of amides is 1. The molecular weight excluding hydrogens is 466 g/mol. The van der Waals surface area contributed by atoms with Crippen molar-refractivity contribution in [3.63, 3.8) is 0 Å². The summed E-state index contributed by atoms with van der Waals surface area (Å²) in [5.41, 5.74) is 2.27. The normalized spacial score (nSPS) is 14.7. The summed E-state index contributed by atoms with van der Waals surface area (Å²) in [6.45, 7) is 5.31. The van der Waals surface area contributed by atoms with Crippen molar-refractivity contribution in [2.45, 2.75) is 18.7 Å². The molecule has 1 amide bonds. The number of benzene rings is 2. The highest BCUT2D eigenvalue weighted by Gasteiger charge is 2.29. The lowest BCUT2D eigenvalue weighted by atomic mass is 10.1. The Bertz CT molecular complexity index is 1250. The van der Waals surface area contributed by atoms with Crippen molar-refractivity contribution in [1.82, 2.24) is 14.5 Å². The summed E-state index contributed by atoms with van der Waals surface area (Å²) in [6, 6.07) is 17.7. The second kappa shape index (κ2) is 10.4. The highest BCUT2D eigenvalue weighted by atomic mass is 32.2. The Kier molecular flexibility index (Phi) is 7.32. The van der Waals surface area contributed by atoms with E-state index in [1.54, 1.807) is 33.1 Å². The molecule has 184 valence electrons. The molecule has 2 heterocycles. The van der Waals surface area contributed by atoms with Gasteiger partial charge in [0.2, 0.25) is 15.9 Å². The van der Waals surface area contributed by atoms with Gasteiger partial charge < -0.3 is 15.0 Å². The maximum absolute atomic E-state index is 13.1. The van der Waals surface area contributed by atoms with Crippen molar-refractivity contribution in [3.05, 3.63) is 60.7 Å². The van der Waals surface area contributed by atoms with E-state index in [1.165, 1.54) is 16.4 Å². The molecule has 0 spiro atoms. The number of rotatable bonds is 7. The average molecular weight is 496 g/mol. The first-order chi connectivity index (χ1) is 16.8. The number of methoxy groups -OCH3 is 1. The predicted octanol–water partition coefficient (Wildman–Crippen LogP) is 3.26. The van der Waals surface area contributed by atoms with E-state index in [2.05, 4.69) is 15.5 Å². The minimum absolute atomic E-state index is 0.114. The molecule has 0 saturated carbocycles. The van der Waals surface area contributed by atoms with Gasteiger partial charge >= 0.3 is 0 Å². The third kappa shape index (κ3) is 5.60. The van der Waals surface area contributed by atoms with Gasteiger partial charge in [-0.15, -0.1) is 10.2 Å². The van der Waals surface area contributed by atoms with Gasteiger partial charge in [0.1, 0.15) is 5.75 Å². The smallest absolute Gasteiger partial charge is 0.243 e. The first-order valence-corrected chi connectivity index (χ1v) is 12.9. The lowest BCUT2D eigenvalue weighted by Gasteiger charge is -2.34. The Morgan fingerprint density at radius 1 is 0.914 bits per heavy atom. The number of hydrogen-bond donors (Lipinski definition) is 1. The van der Waals surface area contributed by atoms with E-state index in [0.717, 1.165) is 17.0 Å². The van der Waals surface area contributed by atoms with E-state index in [1.807, 2.05) is 41.3 Å². The number of anilines is 2. The molecule has 1 aliphatic heterocycles. The third-order valence-corrected chi connectivity index (χ3v) is 7.80.